The molecule has 78 valence electrons. The van der Waals surface area contributed by atoms with E-state index in [1.807, 2.05) is 13.0 Å². The first-order valence-electron chi connectivity index (χ1n) is 4.28. The molecular formula is C8H9N5S2. The highest BCUT2D eigenvalue weighted by Gasteiger charge is 2.08. The molecule has 0 radical (unpaired) electrons. The standard InChI is InChI=1S/C8H9N5S2/c1-5-11-13-8(14-5)15-7-6(4-9)2-3-10-12-7/h2-3H,4,9H2,1H3. The summed E-state index contributed by atoms with van der Waals surface area (Å²) in [7, 11) is 0. The molecule has 0 bridgehead atoms. The lowest BCUT2D eigenvalue weighted by molar-refractivity contribution is 0.864. The van der Waals surface area contributed by atoms with Crippen molar-refractivity contribution >= 4 is 23.1 Å². The van der Waals surface area contributed by atoms with E-state index in [0.717, 1.165) is 19.9 Å². The third-order valence-electron chi connectivity index (χ3n) is 1.68. The Morgan fingerprint density at radius 3 is 2.93 bits per heavy atom. The maximum Gasteiger partial charge on any atom is 0.180 e. The molecule has 0 spiro atoms. The molecule has 0 saturated carbocycles. The van der Waals surface area contributed by atoms with Gasteiger partial charge in [0.2, 0.25) is 0 Å². The first kappa shape index (κ1) is 10.5. The van der Waals surface area contributed by atoms with Crippen molar-refractivity contribution in [2.75, 3.05) is 0 Å². The Bertz CT molecular complexity index is 456. The summed E-state index contributed by atoms with van der Waals surface area (Å²) in [5.74, 6) is 0. The lowest BCUT2D eigenvalue weighted by atomic mass is 10.3. The third-order valence-corrected chi connectivity index (χ3v) is 3.60. The number of aromatic nitrogens is 4. The Labute approximate surface area is 95.1 Å². The van der Waals surface area contributed by atoms with Crippen LogP contribution in [-0.4, -0.2) is 20.4 Å². The van der Waals surface area contributed by atoms with Crippen LogP contribution in [0.4, 0.5) is 0 Å². The van der Waals surface area contributed by atoms with Gasteiger partial charge >= 0.3 is 0 Å². The molecule has 2 N–H and O–H groups in total. The molecule has 0 aliphatic carbocycles. The van der Waals surface area contributed by atoms with Crippen LogP contribution in [0.2, 0.25) is 0 Å². The minimum absolute atomic E-state index is 0.454. The van der Waals surface area contributed by atoms with Gasteiger partial charge in [0, 0.05) is 18.3 Å². The molecule has 0 atom stereocenters. The second-order valence-corrected chi connectivity index (χ2v) is 5.17. The number of aryl methyl sites for hydroxylation is 1. The summed E-state index contributed by atoms with van der Waals surface area (Å²) in [5.41, 5.74) is 6.57. The Balaban J connectivity index is 2.23. The number of rotatable bonds is 3. The van der Waals surface area contributed by atoms with E-state index >= 15 is 0 Å². The molecule has 0 aliphatic rings. The largest absolute Gasteiger partial charge is 0.326 e. The number of nitrogens with two attached hydrogens (primary N) is 1. The van der Waals surface area contributed by atoms with E-state index < -0.39 is 0 Å². The van der Waals surface area contributed by atoms with Gasteiger partial charge in [-0.2, -0.15) is 5.10 Å². The highest BCUT2D eigenvalue weighted by Crippen LogP contribution is 2.29. The van der Waals surface area contributed by atoms with Crippen LogP contribution in [0.5, 0.6) is 0 Å². The van der Waals surface area contributed by atoms with Crippen molar-refractivity contribution in [2.24, 2.45) is 5.73 Å². The number of hydrogen-bond donors (Lipinski definition) is 1. The monoisotopic (exact) mass is 239 g/mol. The van der Waals surface area contributed by atoms with Crippen LogP contribution < -0.4 is 5.73 Å². The van der Waals surface area contributed by atoms with Crippen molar-refractivity contribution in [1.29, 1.82) is 0 Å². The quantitative estimate of drug-likeness (QED) is 0.868. The first-order valence-corrected chi connectivity index (χ1v) is 5.91. The first-order chi connectivity index (χ1) is 7.29. The third kappa shape index (κ3) is 2.49. The summed E-state index contributed by atoms with van der Waals surface area (Å²) in [6.45, 7) is 2.37. The Morgan fingerprint density at radius 2 is 2.27 bits per heavy atom. The second-order valence-electron chi connectivity index (χ2n) is 2.75. The average Bonchev–Trinajstić information content (AvgIpc) is 2.65. The lowest BCUT2D eigenvalue weighted by Gasteiger charge is -2.00. The molecular weight excluding hydrogens is 230 g/mol. The summed E-state index contributed by atoms with van der Waals surface area (Å²) in [6.07, 6.45) is 1.64. The van der Waals surface area contributed by atoms with E-state index in [9.17, 15) is 0 Å². The van der Waals surface area contributed by atoms with Crippen LogP contribution in [-0.2, 0) is 6.54 Å². The Hall–Kier alpha value is -1.05. The zero-order valence-electron chi connectivity index (χ0n) is 8.04. The zero-order valence-corrected chi connectivity index (χ0v) is 9.68. The van der Waals surface area contributed by atoms with Gasteiger partial charge in [0.05, 0.1) is 0 Å². The van der Waals surface area contributed by atoms with Gasteiger partial charge < -0.3 is 5.73 Å². The van der Waals surface area contributed by atoms with E-state index in [2.05, 4.69) is 20.4 Å². The van der Waals surface area contributed by atoms with Crippen LogP contribution in [0.1, 0.15) is 10.6 Å². The Kier molecular flexibility index (Phi) is 3.24. The normalized spacial score (nSPS) is 10.5. The summed E-state index contributed by atoms with van der Waals surface area (Å²) < 4.78 is 0.864. The van der Waals surface area contributed by atoms with Gasteiger partial charge in [-0.25, -0.2) is 0 Å². The van der Waals surface area contributed by atoms with Gasteiger partial charge in [-0.1, -0.05) is 11.3 Å². The molecule has 15 heavy (non-hydrogen) atoms. The zero-order chi connectivity index (χ0) is 10.7. The van der Waals surface area contributed by atoms with Gasteiger partial charge in [0.25, 0.3) is 0 Å². The van der Waals surface area contributed by atoms with E-state index in [-0.39, 0.29) is 0 Å². The number of hydrogen-bond acceptors (Lipinski definition) is 7. The van der Waals surface area contributed by atoms with Crippen molar-refractivity contribution in [2.45, 2.75) is 22.8 Å². The van der Waals surface area contributed by atoms with Gasteiger partial charge in [-0.15, -0.1) is 15.3 Å². The van der Waals surface area contributed by atoms with Crippen LogP contribution in [0.25, 0.3) is 0 Å². The fourth-order valence-corrected chi connectivity index (χ4v) is 2.79. The highest BCUT2D eigenvalue weighted by atomic mass is 32.2. The van der Waals surface area contributed by atoms with Crippen LogP contribution >= 0.6 is 23.1 Å². The van der Waals surface area contributed by atoms with Crippen LogP contribution in [0.3, 0.4) is 0 Å². The van der Waals surface area contributed by atoms with Crippen molar-refractivity contribution in [3.8, 4) is 0 Å². The molecule has 0 aromatic carbocycles. The highest BCUT2D eigenvalue weighted by molar-refractivity contribution is 8.01. The number of nitrogens with zero attached hydrogens (tertiary/aromatic N) is 4. The minimum Gasteiger partial charge on any atom is -0.326 e. The van der Waals surface area contributed by atoms with E-state index in [0.29, 0.717) is 6.54 Å². The molecule has 2 aromatic heterocycles. The van der Waals surface area contributed by atoms with Crippen molar-refractivity contribution in [3.05, 3.63) is 22.8 Å². The Morgan fingerprint density at radius 1 is 1.40 bits per heavy atom. The molecule has 2 aromatic rings. The maximum absolute atomic E-state index is 5.60. The van der Waals surface area contributed by atoms with Gasteiger partial charge in [0.1, 0.15) is 10.0 Å². The topological polar surface area (TPSA) is 77.6 Å². The van der Waals surface area contributed by atoms with E-state index in [1.54, 1.807) is 6.20 Å². The van der Waals surface area contributed by atoms with Crippen molar-refractivity contribution in [3.63, 3.8) is 0 Å². The van der Waals surface area contributed by atoms with Crippen molar-refractivity contribution < 1.29 is 0 Å². The SMILES string of the molecule is Cc1nnc(Sc2nnccc2CN)s1. The summed E-state index contributed by atoms with van der Waals surface area (Å²) >= 11 is 2.98. The van der Waals surface area contributed by atoms with Gasteiger partial charge in [0.15, 0.2) is 4.34 Å². The molecule has 0 aliphatic heterocycles. The van der Waals surface area contributed by atoms with Crippen LogP contribution in [0, 0.1) is 6.92 Å². The fraction of sp³-hybridized carbons (Fsp3) is 0.250. The second kappa shape index (κ2) is 4.65. The minimum atomic E-state index is 0.454. The predicted octanol–water partition coefficient (Wildman–Crippen LogP) is 1.25. The molecule has 7 heteroatoms. The molecule has 0 saturated heterocycles. The van der Waals surface area contributed by atoms with E-state index in [1.165, 1.54) is 23.1 Å². The molecule has 0 amide bonds. The molecule has 0 fully saturated rings. The average molecular weight is 239 g/mol. The summed E-state index contributed by atoms with van der Waals surface area (Å²) in [6, 6.07) is 1.86. The maximum atomic E-state index is 5.60. The van der Waals surface area contributed by atoms with E-state index in [4.69, 9.17) is 5.73 Å². The predicted molar refractivity (Wildman–Crippen MR) is 58.7 cm³/mol. The van der Waals surface area contributed by atoms with Gasteiger partial charge in [-0.05, 0) is 24.8 Å². The summed E-state index contributed by atoms with van der Waals surface area (Å²) in [5, 5.41) is 17.5. The fourth-order valence-electron chi connectivity index (χ4n) is 0.988. The van der Waals surface area contributed by atoms with Gasteiger partial charge in [-0.3, -0.25) is 0 Å². The van der Waals surface area contributed by atoms with Crippen molar-refractivity contribution in [1.82, 2.24) is 20.4 Å². The molecule has 2 heterocycles. The lowest BCUT2D eigenvalue weighted by Crippen LogP contribution is -2.00. The molecule has 0 unspecified atom stereocenters. The molecule has 2 rings (SSSR count). The molecule has 5 nitrogen and oxygen atoms in total. The van der Waals surface area contributed by atoms with Crippen LogP contribution in [0.15, 0.2) is 21.6 Å². The smallest absolute Gasteiger partial charge is 0.180 e. The summed E-state index contributed by atoms with van der Waals surface area (Å²) in [4.78, 5) is 0.